The number of hydrogen-bond acceptors (Lipinski definition) is 2. The lowest BCUT2D eigenvalue weighted by Crippen LogP contribution is -2.41. The van der Waals surface area contributed by atoms with E-state index in [-0.39, 0.29) is 12.2 Å². The van der Waals surface area contributed by atoms with E-state index in [1.54, 1.807) is 6.07 Å². The highest BCUT2D eigenvalue weighted by Gasteiger charge is 2.42. The van der Waals surface area contributed by atoms with Crippen molar-refractivity contribution in [2.75, 3.05) is 29.4 Å². The first-order valence-electron chi connectivity index (χ1n) is 7.67. The first-order chi connectivity index (χ1) is 10.7. The highest BCUT2D eigenvalue weighted by atomic mass is 35.5. The van der Waals surface area contributed by atoms with Crippen LogP contribution >= 0.6 is 11.6 Å². The molecule has 1 aromatic rings. The van der Waals surface area contributed by atoms with Gasteiger partial charge in [0.25, 0.3) is 0 Å². The molecule has 0 saturated carbocycles. The molecule has 1 saturated heterocycles. The molecule has 1 aromatic carbocycles. The second-order valence-electron chi connectivity index (χ2n) is 5.85. The molecular weight excluding hydrogens is 329 g/mol. The largest absolute Gasteiger partial charge is 0.471 e. The minimum Gasteiger partial charge on any atom is -0.370 e. The molecule has 1 aliphatic heterocycles. The molecule has 0 N–H and O–H groups in total. The zero-order valence-corrected chi connectivity index (χ0v) is 13.9. The van der Waals surface area contributed by atoms with Crippen molar-refractivity contribution in [3.05, 3.63) is 23.2 Å². The normalized spacial score (nSPS) is 16.5. The fraction of sp³-hybridized carbons (Fsp3) is 0.562. The van der Waals surface area contributed by atoms with Crippen molar-refractivity contribution < 1.29 is 18.0 Å². The molecule has 0 aliphatic carbocycles. The molecule has 0 atom stereocenters. The lowest BCUT2D eigenvalue weighted by Gasteiger charge is -2.33. The van der Waals surface area contributed by atoms with Crippen molar-refractivity contribution in [2.24, 2.45) is 5.92 Å². The molecular formula is C16H20ClF3N2O. The van der Waals surface area contributed by atoms with Gasteiger partial charge in [0.1, 0.15) is 0 Å². The Morgan fingerprint density at radius 2 is 1.96 bits per heavy atom. The smallest absolute Gasteiger partial charge is 0.370 e. The van der Waals surface area contributed by atoms with Crippen LogP contribution in [0.25, 0.3) is 0 Å². The molecule has 7 heteroatoms. The van der Waals surface area contributed by atoms with Crippen LogP contribution in [0.4, 0.5) is 24.5 Å². The van der Waals surface area contributed by atoms with Crippen molar-refractivity contribution in [2.45, 2.75) is 32.9 Å². The quantitative estimate of drug-likeness (QED) is 0.803. The van der Waals surface area contributed by atoms with E-state index in [9.17, 15) is 18.0 Å². The zero-order valence-electron chi connectivity index (χ0n) is 13.2. The second-order valence-corrected chi connectivity index (χ2v) is 6.26. The molecule has 128 valence electrons. The van der Waals surface area contributed by atoms with Crippen molar-refractivity contribution in [1.29, 1.82) is 0 Å². The summed E-state index contributed by atoms with van der Waals surface area (Å²) in [5.41, 5.74) is 0.965. The Balaban J connectivity index is 2.22. The highest BCUT2D eigenvalue weighted by molar-refractivity contribution is 6.33. The average molecular weight is 349 g/mol. The summed E-state index contributed by atoms with van der Waals surface area (Å²) < 4.78 is 37.9. The van der Waals surface area contributed by atoms with Crippen LogP contribution in [0.3, 0.4) is 0 Å². The van der Waals surface area contributed by atoms with Crippen LogP contribution in [-0.4, -0.2) is 31.7 Å². The third kappa shape index (κ3) is 4.10. The molecule has 0 spiro atoms. The maximum Gasteiger partial charge on any atom is 0.471 e. The van der Waals surface area contributed by atoms with Gasteiger partial charge in [0.05, 0.1) is 10.7 Å². The number of carbonyl (C=O) groups excluding carboxylic acids is 1. The van der Waals surface area contributed by atoms with Crippen LogP contribution in [0, 0.1) is 5.92 Å². The minimum absolute atomic E-state index is 0.0742. The molecule has 0 bridgehead atoms. The minimum atomic E-state index is -4.90. The summed E-state index contributed by atoms with van der Waals surface area (Å²) in [5.74, 6) is -1.21. The summed E-state index contributed by atoms with van der Waals surface area (Å²) in [5, 5.41) is 0.366. The molecule has 0 aromatic heterocycles. The molecule has 1 amide bonds. The van der Waals surface area contributed by atoms with E-state index in [4.69, 9.17) is 11.6 Å². The Bertz CT molecular complexity index is 569. The molecule has 1 aliphatic rings. The Labute approximate surface area is 139 Å². The van der Waals surface area contributed by atoms with Gasteiger partial charge in [-0.15, -0.1) is 0 Å². The number of benzene rings is 1. The molecule has 3 nitrogen and oxygen atoms in total. The van der Waals surface area contributed by atoms with Crippen LogP contribution in [-0.2, 0) is 4.79 Å². The molecule has 1 heterocycles. The number of halogens is 4. The summed E-state index contributed by atoms with van der Waals surface area (Å²) in [6.07, 6.45) is -2.78. The average Bonchev–Trinajstić information content (AvgIpc) is 2.48. The van der Waals surface area contributed by atoms with Crippen LogP contribution in [0.1, 0.15) is 26.7 Å². The van der Waals surface area contributed by atoms with E-state index in [2.05, 4.69) is 11.8 Å². The summed E-state index contributed by atoms with van der Waals surface area (Å²) in [6.45, 7) is 5.37. The van der Waals surface area contributed by atoms with Gasteiger partial charge in [-0.05, 0) is 43.9 Å². The first kappa shape index (κ1) is 17.9. The lowest BCUT2D eigenvalue weighted by atomic mass is 9.99. The van der Waals surface area contributed by atoms with Gasteiger partial charge >= 0.3 is 12.1 Å². The number of nitrogens with zero attached hydrogens (tertiary/aromatic N) is 2. The molecule has 1 fully saturated rings. The number of amides is 1. The predicted molar refractivity (Wildman–Crippen MR) is 86.1 cm³/mol. The molecule has 0 radical (unpaired) electrons. The van der Waals surface area contributed by atoms with E-state index in [1.165, 1.54) is 19.1 Å². The van der Waals surface area contributed by atoms with Gasteiger partial charge in [0.15, 0.2) is 0 Å². The summed E-state index contributed by atoms with van der Waals surface area (Å²) in [4.78, 5) is 14.3. The van der Waals surface area contributed by atoms with E-state index < -0.39 is 12.1 Å². The number of anilines is 2. The van der Waals surface area contributed by atoms with Gasteiger partial charge in [-0.25, -0.2) is 0 Å². The Kier molecular flexibility index (Phi) is 5.45. The van der Waals surface area contributed by atoms with Crippen molar-refractivity contribution in [3.63, 3.8) is 0 Å². The molecule has 0 unspecified atom stereocenters. The third-order valence-corrected chi connectivity index (χ3v) is 4.47. The number of hydrogen-bond donors (Lipinski definition) is 0. The molecule has 2 rings (SSSR count). The van der Waals surface area contributed by atoms with E-state index in [0.717, 1.165) is 31.6 Å². The Morgan fingerprint density at radius 3 is 2.43 bits per heavy atom. The maximum atomic E-state index is 12.6. The van der Waals surface area contributed by atoms with E-state index in [1.807, 2.05) is 0 Å². The topological polar surface area (TPSA) is 23.6 Å². The fourth-order valence-electron chi connectivity index (χ4n) is 2.77. The van der Waals surface area contributed by atoms with Crippen molar-refractivity contribution >= 4 is 28.9 Å². The van der Waals surface area contributed by atoms with Crippen LogP contribution in [0.15, 0.2) is 18.2 Å². The number of carbonyl (C=O) groups is 1. The van der Waals surface area contributed by atoms with Crippen LogP contribution in [0.5, 0.6) is 0 Å². The highest BCUT2D eigenvalue weighted by Crippen LogP contribution is 2.34. The number of piperidine rings is 1. The molecule has 23 heavy (non-hydrogen) atoms. The number of alkyl halides is 3. The number of rotatable bonds is 3. The van der Waals surface area contributed by atoms with Gasteiger partial charge in [-0.3, -0.25) is 4.79 Å². The van der Waals surface area contributed by atoms with Gasteiger partial charge in [0.2, 0.25) is 0 Å². The second kappa shape index (κ2) is 6.99. The SMILES string of the molecule is CCN(C(=O)C(F)(F)F)c1ccc(N2CCC(C)CC2)c(Cl)c1. The first-order valence-corrected chi connectivity index (χ1v) is 8.05. The summed E-state index contributed by atoms with van der Waals surface area (Å²) >= 11 is 6.26. The summed E-state index contributed by atoms with van der Waals surface area (Å²) in [6, 6.07) is 4.65. The van der Waals surface area contributed by atoms with E-state index in [0.29, 0.717) is 15.8 Å². The third-order valence-electron chi connectivity index (χ3n) is 4.17. The van der Waals surface area contributed by atoms with Gasteiger partial charge in [-0.1, -0.05) is 18.5 Å². The van der Waals surface area contributed by atoms with Crippen LogP contribution < -0.4 is 9.80 Å². The zero-order chi connectivity index (χ0) is 17.2. The van der Waals surface area contributed by atoms with Gasteiger partial charge in [0, 0.05) is 25.3 Å². The Morgan fingerprint density at radius 1 is 1.35 bits per heavy atom. The fourth-order valence-corrected chi connectivity index (χ4v) is 3.06. The lowest BCUT2D eigenvalue weighted by molar-refractivity contribution is -0.170. The predicted octanol–water partition coefficient (Wildman–Crippen LogP) is 4.49. The summed E-state index contributed by atoms with van der Waals surface area (Å²) in [7, 11) is 0. The Hall–Kier alpha value is -1.43. The standard InChI is InChI=1S/C16H20ClF3N2O/c1-3-22(15(23)16(18,19)20)12-4-5-14(13(17)10-12)21-8-6-11(2)7-9-21/h4-5,10-11H,3,6-9H2,1-2H3. The van der Waals surface area contributed by atoms with Crippen molar-refractivity contribution in [3.8, 4) is 0 Å². The van der Waals surface area contributed by atoms with Crippen molar-refractivity contribution in [1.82, 2.24) is 0 Å². The van der Waals surface area contributed by atoms with Crippen LogP contribution in [0.2, 0.25) is 5.02 Å². The van der Waals surface area contributed by atoms with Gasteiger partial charge < -0.3 is 9.80 Å². The maximum absolute atomic E-state index is 12.6. The monoisotopic (exact) mass is 348 g/mol. The van der Waals surface area contributed by atoms with E-state index >= 15 is 0 Å². The van der Waals surface area contributed by atoms with Gasteiger partial charge in [-0.2, -0.15) is 13.2 Å².